The first-order valence-corrected chi connectivity index (χ1v) is 9.30. The second-order valence-corrected chi connectivity index (χ2v) is 7.92. The van der Waals surface area contributed by atoms with E-state index in [-0.39, 0.29) is 16.7 Å². The van der Waals surface area contributed by atoms with Gasteiger partial charge in [-0.3, -0.25) is 0 Å². The normalized spacial score (nSPS) is 21.6. The van der Waals surface area contributed by atoms with Crippen molar-refractivity contribution in [3.05, 3.63) is 42.1 Å². The average Bonchev–Trinajstić information content (AvgIpc) is 2.97. The first kappa shape index (κ1) is 17.8. The number of sulfonamides is 1. The van der Waals surface area contributed by atoms with Gasteiger partial charge in [-0.1, -0.05) is 6.07 Å². The lowest BCUT2D eigenvalue weighted by Gasteiger charge is -2.38. The van der Waals surface area contributed by atoms with Crippen LogP contribution >= 0.6 is 0 Å². The van der Waals surface area contributed by atoms with Gasteiger partial charge in [0.05, 0.1) is 25.6 Å². The van der Waals surface area contributed by atoms with E-state index in [9.17, 15) is 17.9 Å². The van der Waals surface area contributed by atoms with E-state index in [1.165, 1.54) is 36.3 Å². The standard InChI is InChI=1S/C16H20FN3O4S/c1-20-8-15(18-9-20)25(22,23)19-16(11-5-12(21)6-11)10-3-4-14(24-2)13(17)7-10/h3-4,7-9,11-12,16,19,21H,5-6H2,1-2H3/t11?,12?,16-/m1/s1. The predicted octanol–water partition coefficient (Wildman–Crippen LogP) is 1.36. The number of nitrogens with zero attached hydrogens (tertiary/aromatic N) is 2. The van der Waals surface area contributed by atoms with Crippen LogP contribution in [-0.2, 0) is 17.1 Å². The first-order chi connectivity index (χ1) is 11.8. The Morgan fingerprint density at radius 3 is 2.68 bits per heavy atom. The van der Waals surface area contributed by atoms with E-state index < -0.39 is 28.0 Å². The maximum Gasteiger partial charge on any atom is 0.260 e. The lowest BCUT2D eigenvalue weighted by molar-refractivity contribution is 0.0279. The number of rotatable bonds is 6. The van der Waals surface area contributed by atoms with Crippen LogP contribution in [0.15, 0.2) is 35.7 Å². The van der Waals surface area contributed by atoms with Gasteiger partial charge in [-0.25, -0.2) is 22.5 Å². The number of nitrogens with one attached hydrogen (secondary N) is 1. The number of halogens is 1. The summed E-state index contributed by atoms with van der Waals surface area (Å²) < 4.78 is 48.3. The summed E-state index contributed by atoms with van der Waals surface area (Å²) >= 11 is 0. The molecule has 9 heteroatoms. The molecular weight excluding hydrogens is 349 g/mol. The Hall–Kier alpha value is -1.97. The molecule has 0 unspecified atom stereocenters. The minimum absolute atomic E-state index is 0.0868. The monoisotopic (exact) mass is 369 g/mol. The van der Waals surface area contributed by atoms with Gasteiger partial charge in [0.2, 0.25) is 0 Å². The number of benzene rings is 1. The van der Waals surface area contributed by atoms with Crippen LogP contribution in [0.1, 0.15) is 24.4 Å². The van der Waals surface area contributed by atoms with E-state index in [1.54, 1.807) is 13.1 Å². The first-order valence-electron chi connectivity index (χ1n) is 7.82. The van der Waals surface area contributed by atoms with Crippen LogP contribution in [0, 0.1) is 11.7 Å². The molecule has 2 aromatic rings. The second-order valence-electron chi connectivity index (χ2n) is 6.26. The van der Waals surface area contributed by atoms with E-state index >= 15 is 0 Å². The molecule has 1 fully saturated rings. The Kier molecular flexibility index (Phi) is 4.81. The molecule has 2 N–H and O–H groups in total. The fraction of sp³-hybridized carbons (Fsp3) is 0.438. The lowest BCUT2D eigenvalue weighted by Crippen LogP contribution is -2.41. The molecule has 1 aromatic carbocycles. The molecule has 136 valence electrons. The van der Waals surface area contributed by atoms with E-state index in [0.717, 1.165) is 0 Å². The van der Waals surface area contributed by atoms with Crippen molar-refractivity contribution in [2.75, 3.05) is 7.11 Å². The van der Waals surface area contributed by atoms with Crippen molar-refractivity contribution < 1.29 is 22.7 Å². The number of aliphatic hydroxyl groups is 1. The molecule has 25 heavy (non-hydrogen) atoms. The van der Waals surface area contributed by atoms with E-state index in [4.69, 9.17) is 4.74 Å². The Balaban J connectivity index is 1.91. The molecule has 1 aliphatic rings. The topological polar surface area (TPSA) is 93.5 Å². The summed E-state index contributed by atoms with van der Waals surface area (Å²) in [5, 5.41) is 9.48. The van der Waals surface area contributed by atoms with Crippen LogP contribution in [0.2, 0.25) is 0 Å². The van der Waals surface area contributed by atoms with Crippen LogP contribution in [0.3, 0.4) is 0 Å². The Morgan fingerprint density at radius 2 is 2.16 bits per heavy atom. The summed E-state index contributed by atoms with van der Waals surface area (Å²) in [6, 6.07) is 3.69. The maximum absolute atomic E-state index is 14.1. The van der Waals surface area contributed by atoms with Crippen LogP contribution in [0.4, 0.5) is 4.39 Å². The van der Waals surface area contributed by atoms with Crippen LogP contribution in [0.25, 0.3) is 0 Å². The van der Waals surface area contributed by atoms with Gasteiger partial charge >= 0.3 is 0 Å². The van der Waals surface area contributed by atoms with Crippen molar-refractivity contribution in [2.24, 2.45) is 13.0 Å². The molecule has 0 saturated heterocycles. The van der Waals surface area contributed by atoms with Gasteiger partial charge < -0.3 is 14.4 Å². The molecule has 1 aromatic heterocycles. The average molecular weight is 369 g/mol. The number of imidazole rings is 1. The molecule has 1 saturated carbocycles. The van der Waals surface area contributed by atoms with E-state index in [2.05, 4.69) is 9.71 Å². The zero-order valence-electron chi connectivity index (χ0n) is 13.9. The Morgan fingerprint density at radius 1 is 1.44 bits per heavy atom. The number of aromatic nitrogens is 2. The predicted molar refractivity (Wildman–Crippen MR) is 88.0 cm³/mol. The van der Waals surface area contributed by atoms with Crippen molar-refractivity contribution in [1.29, 1.82) is 0 Å². The quantitative estimate of drug-likeness (QED) is 0.802. The number of methoxy groups -OCH3 is 1. The summed E-state index contributed by atoms with van der Waals surface area (Å²) in [6.45, 7) is 0. The summed E-state index contributed by atoms with van der Waals surface area (Å²) in [4.78, 5) is 3.87. The van der Waals surface area contributed by atoms with E-state index in [1.807, 2.05) is 0 Å². The van der Waals surface area contributed by atoms with Gasteiger partial charge in [-0.05, 0) is 36.5 Å². The number of aliphatic hydroxyl groups excluding tert-OH is 1. The van der Waals surface area contributed by atoms with Gasteiger partial charge in [0.25, 0.3) is 10.0 Å². The molecule has 0 spiro atoms. The molecule has 1 atom stereocenters. The van der Waals surface area contributed by atoms with E-state index in [0.29, 0.717) is 18.4 Å². The van der Waals surface area contributed by atoms with Gasteiger partial charge in [0, 0.05) is 13.2 Å². The number of ether oxygens (including phenoxy) is 1. The maximum atomic E-state index is 14.1. The van der Waals surface area contributed by atoms with Crippen LogP contribution in [0.5, 0.6) is 5.75 Å². The van der Waals surface area contributed by atoms with Gasteiger partial charge in [-0.2, -0.15) is 0 Å². The zero-order chi connectivity index (χ0) is 18.2. The molecule has 0 amide bonds. The van der Waals surface area contributed by atoms with Crippen molar-refractivity contribution in [3.8, 4) is 5.75 Å². The van der Waals surface area contributed by atoms with Crippen molar-refractivity contribution in [2.45, 2.75) is 30.0 Å². The second kappa shape index (κ2) is 6.74. The molecule has 1 heterocycles. The number of hydrogen-bond acceptors (Lipinski definition) is 5. The van der Waals surface area contributed by atoms with Crippen LogP contribution in [-0.4, -0.2) is 36.3 Å². The third kappa shape index (κ3) is 3.68. The highest BCUT2D eigenvalue weighted by Crippen LogP contribution is 2.39. The van der Waals surface area contributed by atoms with Crippen LogP contribution < -0.4 is 9.46 Å². The zero-order valence-corrected chi connectivity index (χ0v) is 14.7. The molecular formula is C16H20FN3O4S. The highest BCUT2D eigenvalue weighted by molar-refractivity contribution is 7.89. The SMILES string of the molecule is COc1ccc([C@@H](NS(=O)(=O)c2cn(C)cn2)C2CC(O)C2)cc1F. The highest BCUT2D eigenvalue weighted by atomic mass is 32.2. The molecule has 0 aliphatic heterocycles. The van der Waals surface area contributed by atoms with Gasteiger partial charge in [0.15, 0.2) is 16.6 Å². The summed E-state index contributed by atoms with van der Waals surface area (Å²) in [5.41, 5.74) is 0.481. The van der Waals surface area contributed by atoms with Gasteiger partial charge in [-0.15, -0.1) is 0 Å². The smallest absolute Gasteiger partial charge is 0.260 e. The van der Waals surface area contributed by atoms with Crippen molar-refractivity contribution in [3.63, 3.8) is 0 Å². The molecule has 0 radical (unpaired) electrons. The minimum atomic E-state index is -3.87. The molecule has 1 aliphatic carbocycles. The Labute approximate surface area is 145 Å². The fourth-order valence-electron chi connectivity index (χ4n) is 2.97. The van der Waals surface area contributed by atoms with Crippen molar-refractivity contribution in [1.82, 2.24) is 14.3 Å². The molecule has 0 bridgehead atoms. The third-order valence-corrected chi connectivity index (χ3v) is 5.72. The summed E-state index contributed by atoms with van der Waals surface area (Å²) in [6.07, 6.45) is 3.22. The highest BCUT2D eigenvalue weighted by Gasteiger charge is 2.37. The number of hydrogen-bond donors (Lipinski definition) is 2. The lowest BCUT2D eigenvalue weighted by atomic mass is 9.75. The van der Waals surface area contributed by atoms with Gasteiger partial charge in [0.1, 0.15) is 0 Å². The number of aryl methyl sites for hydroxylation is 1. The minimum Gasteiger partial charge on any atom is -0.494 e. The Bertz CT molecular complexity index is 862. The van der Waals surface area contributed by atoms with Crippen molar-refractivity contribution >= 4 is 10.0 Å². The fourth-order valence-corrected chi connectivity index (χ4v) is 4.24. The molecule has 7 nitrogen and oxygen atoms in total. The third-order valence-electron chi connectivity index (χ3n) is 4.39. The largest absolute Gasteiger partial charge is 0.494 e. The summed E-state index contributed by atoms with van der Waals surface area (Å²) in [5.74, 6) is -0.605. The summed E-state index contributed by atoms with van der Waals surface area (Å²) in [7, 11) is -0.837. The molecule has 3 rings (SSSR count).